The molecule has 0 fully saturated rings. The van der Waals surface area contributed by atoms with Crippen molar-refractivity contribution < 1.29 is 14.3 Å². The number of hydrogen-bond donors (Lipinski definition) is 1. The Morgan fingerprint density at radius 2 is 2.10 bits per heavy atom. The van der Waals surface area contributed by atoms with E-state index >= 15 is 0 Å². The number of carbonyl (C=O) groups is 2. The smallest absolute Gasteiger partial charge is 0.271 e. The van der Waals surface area contributed by atoms with Gasteiger partial charge in [-0.05, 0) is 42.5 Å². The number of nitrogens with zero attached hydrogens (tertiary/aromatic N) is 2. The quantitative estimate of drug-likeness (QED) is 0.634. The largest absolute Gasteiger partial charge is 0.383 e. The monoisotopic (exact) mass is 411 g/mol. The van der Waals surface area contributed by atoms with Gasteiger partial charge < -0.3 is 19.5 Å². The molecular formula is C22H25N3O3S. The molecule has 0 aliphatic carbocycles. The van der Waals surface area contributed by atoms with Crippen LogP contribution in [0, 0.1) is 6.92 Å². The number of methoxy groups -OCH3 is 1. The van der Waals surface area contributed by atoms with Crippen molar-refractivity contribution in [3.63, 3.8) is 0 Å². The molecule has 0 spiro atoms. The molecule has 0 bridgehead atoms. The highest BCUT2D eigenvalue weighted by atomic mass is 32.1. The zero-order valence-electron chi connectivity index (χ0n) is 16.9. The van der Waals surface area contributed by atoms with Crippen molar-refractivity contribution >= 4 is 33.4 Å². The van der Waals surface area contributed by atoms with Gasteiger partial charge in [-0.2, -0.15) is 0 Å². The Morgan fingerprint density at radius 1 is 1.31 bits per heavy atom. The Morgan fingerprint density at radius 3 is 2.86 bits per heavy atom. The molecule has 1 aliphatic heterocycles. The minimum absolute atomic E-state index is 0.118. The average molecular weight is 412 g/mol. The van der Waals surface area contributed by atoms with Gasteiger partial charge in [0, 0.05) is 25.6 Å². The maximum Gasteiger partial charge on any atom is 0.271 e. The lowest BCUT2D eigenvalue weighted by atomic mass is 9.93. The molecule has 7 heteroatoms. The summed E-state index contributed by atoms with van der Waals surface area (Å²) in [5.41, 5.74) is 1.78. The van der Waals surface area contributed by atoms with Gasteiger partial charge >= 0.3 is 0 Å². The molecule has 152 valence electrons. The highest BCUT2D eigenvalue weighted by molar-refractivity contribution is 7.16. The molecule has 0 saturated heterocycles. The van der Waals surface area contributed by atoms with Crippen LogP contribution in [-0.4, -0.2) is 47.1 Å². The number of rotatable bonds is 6. The first-order valence-corrected chi connectivity index (χ1v) is 10.5. The van der Waals surface area contributed by atoms with E-state index in [1.807, 2.05) is 60.2 Å². The number of nitrogens with one attached hydrogen (secondary N) is 1. The third-order valence-electron chi connectivity index (χ3n) is 5.70. The summed E-state index contributed by atoms with van der Waals surface area (Å²) in [4.78, 5) is 29.6. The van der Waals surface area contributed by atoms with Crippen molar-refractivity contribution in [3.8, 4) is 0 Å². The van der Waals surface area contributed by atoms with Crippen LogP contribution in [0.2, 0.25) is 0 Å². The van der Waals surface area contributed by atoms with E-state index in [4.69, 9.17) is 4.74 Å². The number of aryl methyl sites for hydroxylation is 1. The van der Waals surface area contributed by atoms with Gasteiger partial charge in [0.1, 0.15) is 16.1 Å². The lowest BCUT2D eigenvalue weighted by molar-refractivity contribution is -0.133. The summed E-state index contributed by atoms with van der Waals surface area (Å²) in [6.45, 7) is 5.52. The highest BCUT2D eigenvalue weighted by Gasteiger charge is 2.47. The first-order valence-electron chi connectivity index (χ1n) is 9.66. The number of benzene rings is 1. The number of hydrogen-bond acceptors (Lipinski definition) is 4. The van der Waals surface area contributed by atoms with Gasteiger partial charge in [0.05, 0.1) is 13.2 Å². The maximum absolute atomic E-state index is 13.6. The van der Waals surface area contributed by atoms with Crippen LogP contribution in [0.15, 0.2) is 41.8 Å². The third kappa shape index (κ3) is 3.34. The second-order valence-corrected chi connectivity index (χ2v) is 8.53. The number of amides is 2. The number of ether oxygens (including phenoxy) is 1. The minimum Gasteiger partial charge on any atom is -0.383 e. The fraction of sp³-hybridized carbons (Fsp3) is 0.364. The van der Waals surface area contributed by atoms with Gasteiger partial charge in [0.15, 0.2) is 0 Å². The van der Waals surface area contributed by atoms with E-state index < -0.39 is 5.54 Å². The van der Waals surface area contributed by atoms with Crippen molar-refractivity contribution in [2.75, 3.05) is 20.3 Å². The summed E-state index contributed by atoms with van der Waals surface area (Å²) in [5.74, 6) is -0.284. The predicted molar refractivity (Wildman–Crippen MR) is 114 cm³/mol. The van der Waals surface area contributed by atoms with Crippen molar-refractivity contribution in [1.29, 1.82) is 0 Å². The van der Waals surface area contributed by atoms with Crippen LogP contribution < -0.4 is 5.32 Å². The molecule has 1 aliphatic rings. The van der Waals surface area contributed by atoms with Crippen molar-refractivity contribution in [2.45, 2.75) is 32.5 Å². The first-order chi connectivity index (χ1) is 14.0. The Bertz CT molecular complexity index is 1070. The van der Waals surface area contributed by atoms with Crippen LogP contribution in [0.1, 0.15) is 28.5 Å². The predicted octanol–water partition coefficient (Wildman–Crippen LogP) is 3.19. The summed E-state index contributed by atoms with van der Waals surface area (Å²) >= 11 is 1.59. The maximum atomic E-state index is 13.6. The van der Waals surface area contributed by atoms with Crippen LogP contribution in [0.25, 0.3) is 10.2 Å². The minimum atomic E-state index is -1.00. The van der Waals surface area contributed by atoms with Crippen LogP contribution in [0.4, 0.5) is 0 Å². The molecule has 29 heavy (non-hydrogen) atoms. The lowest BCUT2D eigenvalue weighted by Crippen LogP contribution is -2.63. The molecule has 4 rings (SSSR count). The Hall–Kier alpha value is -2.64. The standard InChI is InChI=1S/C22H25N3O3S/c1-15-6-4-5-7-17(15)13-25-19(26)18-12-16-8-11-29-20(16)24(18)14-22(25,2)21(27)23-9-10-28-3/h4-8,11-12H,9-10,13-14H2,1-3H3,(H,23,27)/t22-/m1/s1. The van der Waals surface area contributed by atoms with E-state index in [-0.39, 0.29) is 11.8 Å². The van der Waals surface area contributed by atoms with E-state index in [1.54, 1.807) is 23.3 Å². The topological polar surface area (TPSA) is 63.6 Å². The van der Waals surface area contributed by atoms with Gasteiger partial charge in [0.25, 0.3) is 5.91 Å². The molecule has 3 aromatic rings. The summed E-state index contributed by atoms with van der Waals surface area (Å²) < 4.78 is 7.06. The second kappa shape index (κ2) is 7.65. The molecule has 1 atom stereocenters. The van der Waals surface area contributed by atoms with Gasteiger partial charge in [0.2, 0.25) is 5.91 Å². The summed E-state index contributed by atoms with van der Waals surface area (Å²) in [7, 11) is 1.60. The molecule has 3 heterocycles. The lowest BCUT2D eigenvalue weighted by Gasteiger charge is -2.44. The van der Waals surface area contributed by atoms with E-state index in [0.717, 1.165) is 21.3 Å². The molecule has 1 aromatic carbocycles. The molecule has 6 nitrogen and oxygen atoms in total. The highest BCUT2D eigenvalue weighted by Crippen LogP contribution is 2.35. The molecular weight excluding hydrogens is 386 g/mol. The van der Waals surface area contributed by atoms with Gasteiger partial charge in [-0.3, -0.25) is 9.59 Å². The Kier molecular flexibility index (Phi) is 5.19. The normalized spacial score (nSPS) is 18.9. The van der Waals surface area contributed by atoms with Crippen molar-refractivity contribution in [2.24, 2.45) is 0 Å². The van der Waals surface area contributed by atoms with Gasteiger partial charge in [-0.1, -0.05) is 24.3 Å². The van der Waals surface area contributed by atoms with E-state index in [9.17, 15) is 9.59 Å². The molecule has 0 unspecified atom stereocenters. The summed E-state index contributed by atoms with van der Waals surface area (Å²) in [6, 6.07) is 11.9. The molecule has 0 saturated carbocycles. The van der Waals surface area contributed by atoms with Crippen LogP contribution in [-0.2, 0) is 22.6 Å². The zero-order chi connectivity index (χ0) is 20.6. The Labute approximate surface area is 174 Å². The molecule has 2 amide bonds. The number of aromatic nitrogens is 1. The molecule has 0 radical (unpaired) electrons. The number of fused-ring (bicyclic) bond motifs is 3. The van der Waals surface area contributed by atoms with Crippen LogP contribution in [0.3, 0.4) is 0 Å². The fourth-order valence-corrected chi connectivity index (χ4v) is 4.82. The summed E-state index contributed by atoms with van der Waals surface area (Å²) in [5, 5.41) is 5.99. The van der Waals surface area contributed by atoms with Crippen molar-refractivity contribution in [1.82, 2.24) is 14.8 Å². The fourth-order valence-electron chi connectivity index (χ4n) is 3.92. The van der Waals surface area contributed by atoms with E-state index in [0.29, 0.717) is 31.9 Å². The third-order valence-corrected chi connectivity index (χ3v) is 6.65. The molecule has 1 N–H and O–H groups in total. The molecule has 2 aromatic heterocycles. The van der Waals surface area contributed by atoms with E-state index in [1.165, 1.54) is 0 Å². The van der Waals surface area contributed by atoms with Crippen LogP contribution >= 0.6 is 11.3 Å². The van der Waals surface area contributed by atoms with E-state index in [2.05, 4.69) is 5.32 Å². The number of carbonyl (C=O) groups excluding carboxylic acids is 2. The van der Waals surface area contributed by atoms with Gasteiger partial charge in [-0.25, -0.2) is 0 Å². The second-order valence-electron chi connectivity index (χ2n) is 7.64. The summed E-state index contributed by atoms with van der Waals surface area (Å²) in [6.07, 6.45) is 0. The SMILES string of the molecule is COCCNC(=O)[C@@]1(C)Cn2c(cc3ccsc32)C(=O)N1Cc1ccccc1C. The van der Waals surface area contributed by atoms with Gasteiger partial charge in [-0.15, -0.1) is 11.3 Å². The van der Waals surface area contributed by atoms with Crippen LogP contribution in [0.5, 0.6) is 0 Å². The Balaban J connectivity index is 1.76. The number of thiophene rings is 1. The first kappa shape index (κ1) is 19.7. The average Bonchev–Trinajstić information content (AvgIpc) is 3.29. The zero-order valence-corrected chi connectivity index (χ0v) is 17.7. The van der Waals surface area contributed by atoms with Crippen molar-refractivity contribution in [3.05, 3.63) is 58.6 Å².